The summed E-state index contributed by atoms with van der Waals surface area (Å²) in [5, 5.41) is 1.97. The van der Waals surface area contributed by atoms with E-state index in [-0.39, 0.29) is 11.3 Å². The second kappa shape index (κ2) is 7.02. The topological polar surface area (TPSA) is 72.2 Å². The number of hydrogen-bond acceptors (Lipinski definition) is 4. The second-order valence-corrected chi connectivity index (χ2v) is 8.70. The number of thiophene rings is 1. The zero-order chi connectivity index (χ0) is 14.5. The summed E-state index contributed by atoms with van der Waals surface area (Å²) < 4.78 is 26.8. The molecule has 1 aliphatic carbocycles. The Hall–Kier alpha value is -0.430. The molecule has 1 fully saturated rings. The molecule has 0 atom stereocenters. The molecule has 0 saturated heterocycles. The summed E-state index contributed by atoms with van der Waals surface area (Å²) in [5.74, 6) is 0.142. The van der Waals surface area contributed by atoms with Crippen molar-refractivity contribution in [2.24, 2.45) is 5.73 Å². The lowest BCUT2D eigenvalue weighted by molar-refractivity contribution is 0.369. The van der Waals surface area contributed by atoms with E-state index in [0.29, 0.717) is 13.0 Å². The molecule has 0 amide bonds. The van der Waals surface area contributed by atoms with Gasteiger partial charge in [0.25, 0.3) is 0 Å². The first-order valence-electron chi connectivity index (χ1n) is 7.28. The molecule has 0 aromatic carbocycles. The third kappa shape index (κ3) is 5.16. The van der Waals surface area contributed by atoms with Gasteiger partial charge in [0.1, 0.15) is 0 Å². The van der Waals surface area contributed by atoms with Crippen molar-refractivity contribution in [2.75, 3.05) is 12.3 Å². The molecule has 1 aliphatic rings. The molecule has 1 saturated carbocycles. The lowest BCUT2D eigenvalue weighted by atomic mass is 9.92. The van der Waals surface area contributed by atoms with Crippen LogP contribution in [-0.2, 0) is 16.4 Å². The van der Waals surface area contributed by atoms with Crippen LogP contribution in [0.15, 0.2) is 17.5 Å². The highest BCUT2D eigenvalue weighted by Gasteiger charge is 2.27. The van der Waals surface area contributed by atoms with Gasteiger partial charge in [-0.2, -0.15) is 0 Å². The van der Waals surface area contributed by atoms with Crippen LogP contribution in [-0.4, -0.2) is 26.3 Å². The summed E-state index contributed by atoms with van der Waals surface area (Å²) in [7, 11) is -3.23. The van der Waals surface area contributed by atoms with Crippen molar-refractivity contribution in [2.45, 2.75) is 50.5 Å². The maximum atomic E-state index is 12.0. The molecule has 0 unspecified atom stereocenters. The van der Waals surface area contributed by atoms with Crippen LogP contribution in [0.4, 0.5) is 0 Å². The number of nitrogens with one attached hydrogen (secondary N) is 1. The van der Waals surface area contributed by atoms with Crippen LogP contribution in [0.2, 0.25) is 0 Å². The molecule has 1 aromatic rings. The minimum absolute atomic E-state index is 0.142. The van der Waals surface area contributed by atoms with Crippen LogP contribution in [0.5, 0.6) is 0 Å². The number of nitrogens with two attached hydrogens (primary N) is 1. The summed E-state index contributed by atoms with van der Waals surface area (Å²) >= 11 is 1.59. The molecule has 4 nitrogen and oxygen atoms in total. The first-order chi connectivity index (χ1) is 9.49. The standard InChI is InChI=1S/C14H24N2O2S2/c15-14(8-3-1-2-4-9-14)12-16-20(17,18)11-7-13-6-5-10-19-13/h5-6,10,16H,1-4,7-9,11-12,15H2. The van der Waals surface area contributed by atoms with Crippen molar-refractivity contribution in [1.82, 2.24) is 4.72 Å². The maximum Gasteiger partial charge on any atom is 0.212 e. The molecule has 0 radical (unpaired) electrons. The van der Waals surface area contributed by atoms with Gasteiger partial charge in [-0.05, 0) is 30.7 Å². The van der Waals surface area contributed by atoms with E-state index in [4.69, 9.17) is 5.73 Å². The van der Waals surface area contributed by atoms with E-state index >= 15 is 0 Å². The Labute approximate surface area is 125 Å². The van der Waals surface area contributed by atoms with Gasteiger partial charge < -0.3 is 5.73 Å². The summed E-state index contributed by atoms with van der Waals surface area (Å²) in [5.41, 5.74) is 5.98. The molecule has 20 heavy (non-hydrogen) atoms. The lowest BCUT2D eigenvalue weighted by Gasteiger charge is -2.28. The van der Waals surface area contributed by atoms with Crippen molar-refractivity contribution in [3.8, 4) is 0 Å². The van der Waals surface area contributed by atoms with Crippen LogP contribution in [0.25, 0.3) is 0 Å². The number of aryl methyl sites for hydroxylation is 1. The highest BCUT2D eigenvalue weighted by molar-refractivity contribution is 7.89. The second-order valence-electron chi connectivity index (χ2n) is 5.75. The minimum atomic E-state index is -3.23. The largest absolute Gasteiger partial charge is 0.324 e. The normalized spacial score (nSPS) is 19.6. The summed E-state index contributed by atoms with van der Waals surface area (Å²) in [6.07, 6.45) is 7.04. The predicted molar refractivity (Wildman–Crippen MR) is 84.4 cm³/mol. The quantitative estimate of drug-likeness (QED) is 0.791. The fourth-order valence-electron chi connectivity index (χ4n) is 2.63. The third-order valence-corrected chi connectivity index (χ3v) is 6.20. The molecular formula is C14H24N2O2S2. The smallest absolute Gasteiger partial charge is 0.212 e. The molecule has 6 heteroatoms. The molecule has 0 spiro atoms. The van der Waals surface area contributed by atoms with Crippen LogP contribution < -0.4 is 10.5 Å². The summed E-state index contributed by atoms with van der Waals surface area (Å²) in [6, 6.07) is 3.91. The van der Waals surface area contributed by atoms with E-state index in [9.17, 15) is 8.42 Å². The van der Waals surface area contributed by atoms with Crippen molar-refractivity contribution < 1.29 is 8.42 Å². The van der Waals surface area contributed by atoms with Crippen molar-refractivity contribution in [3.63, 3.8) is 0 Å². The van der Waals surface area contributed by atoms with Gasteiger partial charge in [-0.15, -0.1) is 11.3 Å². The Bertz CT molecular complexity index is 489. The molecule has 3 N–H and O–H groups in total. The maximum absolute atomic E-state index is 12.0. The van der Waals surface area contributed by atoms with Crippen LogP contribution in [0.3, 0.4) is 0 Å². The average molecular weight is 316 g/mol. The van der Waals surface area contributed by atoms with Crippen molar-refractivity contribution in [3.05, 3.63) is 22.4 Å². The van der Waals surface area contributed by atoms with E-state index < -0.39 is 10.0 Å². The number of rotatable bonds is 6. The molecular weight excluding hydrogens is 292 g/mol. The summed E-state index contributed by atoms with van der Waals surface area (Å²) in [6.45, 7) is 0.375. The van der Waals surface area contributed by atoms with E-state index in [2.05, 4.69) is 4.72 Å². The Morgan fingerprint density at radius 1 is 1.25 bits per heavy atom. The van der Waals surface area contributed by atoms with Gasteiger partial charge >= 0.3 is 0 Å². The zero-order valence-electron chi connectivity index (χ0n) is 11.8. The summed E-state index contributed by atoms with van der Waals surface area (Å²) in [4.78, 5) is 1.10. The van der Waals surface area contributed by atoms with Crippen LogP contribution >= 0.6 is 11.3 Å². The zero-order valence-corrected chi connectivity index (χ0v) is 13.4. The molecule has 2 rings (SSSR count). The molecule has 0 aliphatic heterocycles. The van der Waals surface area contributed by atoms with Crippen LogP contribution in [0.1, 0.15) is 43.4 Å². The van der Waals surface area contributed by atoms with E-state index in [1.807, 2.05) is 17.5 Å². The van der Waals surface area contributed by atoms with E-state index in [0.717, 1.165) is 30.6 Å². The fraction of sp³-hybridized carbons (Fsp3) is 0.714. The molecule has 114 valence electrons. The minimum Gasteiger partial charge on any atom is -0.324 e. The van der Waals surface area contributed by atoms with Gasteiger partial charge in [0.2, 0.25) is 10.0 Å². The fourth-order valence-corrected chi connectivity index (χ4v) is 4.60. The number of hydrogen-bond donors (Lipinski definition) is 2. The third-order valence-electron chi connectivity index (χ3n) is 3.94. The highest BCUT2D eigenvalue weighted by Crippen LogP contribution is 2.24. The first-order valence-corrected chi connectivity index (χ1v) is 9.81. The van der Waals surface area contributed by atoms with E-state index in [1.54, 1.807) is 11.3 Å². The van der Waals surface area contributed by atoms with Gasteiger partial charge in [-0.3, -0.25) is 0 Å². The monoisotopic (exact) mass is 316 g/mol. The SMILES string of the molecule is NC1(CNS(=O)(=O)CCc2cccs2)CCCCCC1. The van der Waals surface area contributed by atoms with Gasteiger partial charge in [-0.25, -0.2) is 13.1 Å². The van der Waals surface area contributed by atoms with Gasteiger partial charge in [0.15, 0.2) is 0 Å². The van der Waals surface area contributed by atoms with Gasteiger partial charge in [-0.1, -0.05) is 31.7 Å². The van der Waals surface area contributed by atoms with Gasteiger partial charge in [0, 0.05) is 17.0 Å². The highest BCUT2D eigenvalue weighted by atomic mass is 32.2. The van der Waals surface area contributed by atoms with Crippen LogP contribution in [0, 0.1) is 0 Å². The van der Waals surface area contributed by atoms with Crippen molar-refractivity contribution in [1.29, 1.82) is 0 Å². The Kier molecular flexibility index (Phi) is 5.60. The predicted octanol–water partition coefficient (Wildman–Crippen LogP) is 2.26. The molecule has 1 aromatic heterocycles. The molecule has 0 bridgehead atoms. The Morgan fingerprint density at radius 3 is 2.55 bits per heavy atom. The Balaban J connectivity index is 1.81. The van der Waals surface area contributed by atoms with Gasteiger partial charge in [0.05, 0.1) is 5.75 Å². The average Bonchev–Trinajstić information content (AvgIpc) is 2.84. The van der Waals surface area contributed by atoms with Crippen molar-refractivity contribution >= 4 is 21.4 Å². The lowest BCUT2D eigenvalue weighted by Crippen LogP contribution is -2.50. The molecule has 1 heterocycles. The first kappa shape index (κ1) is 15.9. The Morgan fingerprint density at radius 2 is 1.95 bits per heavy atom. The number of sulfonamides is 1. The van der Waals surface area contributed by atoms with E-state index in [1.165, 1.54) is 12.8 Å².